The smallest absolute Gasteiger partial charge is 0.244 e. The molecule has 6 heteroatoms. The van der Waals surface area contributed by atoms with E-state index in [0.29, 0.717) is 5.57 Å². The third-order valence-corrected chi connectivity index (χ3v) is 6.97. The monoisotopic (exact) mass is 419 g/mol. The third kappa shape index (κ3) is 3.21. The van der Waals surface area contributed by atoms with E-state index in [1.54, 1.807) is 31.2 Å². The standard InChI is InChI=1S/C19H18BrNO3S/c1-13-7-9-15(10-8-13)25(23,24)21-11-14(2)17(12-22)19(21)16-5-3-4-6-18(16)20/h3-10,12,19H,11H2,1-2H3/t19-/m1/s1. The molecule has 1 aliphatic rings. The van der Waals surface area contributed by atoms with E-state index < -0.39 is 16.1 Å². The molecule has 0 N–H and O–H groups in total. The first-order valence-electron chi connectivity index (χ1n) is 7.84. The highest BCUT2D eigenvalue weighted by molar-refractivity contribution is 9.10. The Morgan fingerprint density at radius 1 is 1.08 bits per heavy atom. The molecule has 4 nitrogen and oxygen atoms in total. The maximum absolute atomic E-state index is 13.2. The quantitative estimate of drug-likeness (QED) is 0.703. The van der Waals surface area contributed by atoms with Crippen LogP contribution in [0.2, 0.25) is 0 Å². The van der Waals surface area contributed by atoms with Crippen molar-refractivity contribution >= 4 is 32.2 Å². The van der Waals surface area contributed by atoms with Crippen LogP contribution in [0, 0.1) is 6.92 Å². The number of hydrogen-bond acceptors (Lipinski definition) is 3. The van der Waals surface area contributed by atoms with Gasteiger partial charge in [-0.3, -0.25) is 4.79 Å². The number of aldehydes is 1. The second kappa shape index (κ2) is 6.86. The largest absolute Gasteiger partial charge is 0.298 e. The van der Waals surface area contributed by atoms with E-state index in [4.69, 9.17) is 0 Å². The van der Waals surface area contributed by atoms with Crippen molar-refractivity contribution in [3.05, 3.63) is 75.3 Å². The highest BCUT2D eigenvalue weighted by atomic mass is 79.9. The van der Waals surface area contributed by atoms with Crippen LogP contribution in [0.1, 0.15) is 24.1 Å². The van der Waals surface area contributed by atoms with Gasteiger partial charge in [0.25, 0.3) is 0 Å². The molecule has 0 amide bonds. The molecule has 0 aromatic heterocycles. The number of rotatable bonds is 4. The Labute approximate surface area is 156 Å². The summed E-state index contributed by atoms with van der Waals surface area (Å²) in [6.45, 7) is 3.92. The zero-order valence-corrected chi connectivity index (χ0v) is 16.3. The lowest BCUT2D eigenvalue weighted by Gasteiger charge is -2.26. The van der Waals surface area contributed by atoms with Gasteiger partial charge >= 0.3 is 0 Å². The van der Waals surface area contributed by atoms with Crippen molar-refractivity contribution in [2.45, 2.75) is 24.8 Å². The van der Waals surface area contributed by atoms with Gasteiger partial charge in [-0.25, -0.2) is 8.42 Å². The molecule has 1 heterocycles. The van der Waals surface area contributed by atoms with Gasteiger partial charge in [-0.1, -0.05) is 51.8 Å². The Bertz CT molecular complexity index is 949. The Hall–Kier alpha value is -1.76. The Morgan fingerprint density at radius 2 is 1.72 bits per heavy atom. The van der Waals surface area contributed by atoms with Gasteiger partial charge in [0, 0.05) is 16.6 Å². The number of carbonyl (C=O) groups is 1. The summed E-state index contributed by atoms with van der Waals surface area (Å²) in [6.07, 6.45) is 0.768. The van der Waals surface area contributed by atoms with Gasteiger partial charge in [0.1, 0.15) is 6.29 Å². The van der Waals surface area contributed by atoms with Gasteiger partial charge in [-0.15, -0.1) is 0 Å². The predicted octanol–water partition coefficient (Wildman–Crippen LogP) is 4.02. The van der Waals surface area contributed by atoms with Crippen LogP contribution in [0.3, 0.4) is 0 Å². The van der Waals surface area contributed by atoms with E-state index in [1.165, 1.54) is 4.31 Å². The molecule has 0 saturated carbocycles. The summed E-state index contributed by atoms with van der Waals surface area (Å²) in [7, 11) is -3.73. The topological polar surface area (TPSA) is 54.5 Å². The van der Waals surface area contributed by atoms with Crippen molar-refractivity contribution in [3.63, 3.8) is 0 Å². The fraction of sp³-hybridized carbons (Fsp3) is 0.211. The van der Waals surface area contributed by atoms with Crippen LogP contribution in [-0.4, -0.2) is 25.6 Å². The lowest BCUT2D eigenvalue weighted by atomic mass is 10.00. The van der Waals surface area contributed by atoms with Gasteiger partial charge in [0.15, 0.2) is 0 Å². The van der Waals surface area contributed by atoms with Crippen LogP contribution in [0.15, 0.2) is 69.0 Å². The lowest BCUT2D eigenvalue weighted by Crippen LogP contribution is -2.33. The van der Waals surface area contributed by atoms with Gasteiger partial charge in [0.2, 0.25) is 10.0 Å². The molecule has 1 atom stereocenters. The summed E-state index contributed by atoms with van der Waals surface area (Å²) in [5.41, 5.74) is 3.02. The van der Waals surface area contributed by atoms with Crippen LogP contribution in [0.5, 0.6) is 0 Å². The molecule has 0 fully saturated rings. The molecule has 0 saturated heterocycles. The summed E-state index contributed by atoms with van der Waals surface area (Å²) < 4.78 is 28.6. The molecule has 0 bridgehead atoms. The molecular weight excluding hydrogens is 402 g/mol. The average molecular weight is 420 g/mol. The van der Waals surface area contributed by atoms with Crippen molar-refractivity contribution in [2.75, 3.05) is 6.54 Å². The minimum atomic E-state index is -3.73. The minimum Gasteiger partial charge on any atom is -0.298 e. The number of benzene rings is 2. The van der Waals surface area contributed by atoms with Crippen molar-refractivity contribution in [1.82, 2.24) is 4.31 Å². The van der Waals surface area contributed by atoms with Crippen LogP contribution < -0.4 is 0 Å². The Kier molecular flexibility index (Phi) is 4.95. The number of halogens is 1. The van der Waals surface area contributed by atoms with Crippen LogP contribution in [0.4, 0.5) is 0 Å². The van der Waals surface area contributed by atoms with Crippen LogP contribution in [-0.2, 0) is 14.8 Å². The summed E-state index contributed by atoms with van der Waals surface area (Å²) in [5.74, 6) is 0. The SMILES string of the molecule is CC1=C(C=O)[C@@H](c2ccccc2Br)N(S(=O)(=O)c2ccc(C)cc2)C1. The lowest BCUT2D eigenvalue weighted by molar-refractivity contribution is -0.105. The third-order valence-electron chi connectivity index (χ3n) is 4.42. The molecule has 0 radical (unpaired) electrons. The highest BCUT2D eigenvalue weighted by Crippen LogP contribution is 2.42. The van der Waals surface area contributed by atoms with Crippen molar-refractivity contribution in [3.8, 4) is 0 Å². The Morgan fingerprint density at radius 3 is 2.32 bits per heavy atom. The first kappa shape index (κ1) is 18.0. The van der Waals surface area contributed by atoms with E-state index in [2.05, 4.69) is 15.9 Å². The van der Waals surface area contributed by atoms with E-state index in [1.807, 2.05) is 31.2 Å². The number of carbonyl (C=O) groups excluding carboxylic acids is 1. The fourth-order valence-electron chi connectivity index (χ4n) is 3.06. The fourth-order valence-corrected chi connectivity index (χ4v) is 5.18. The molecule has 3 rings (SSSR count). The molecular formula is C19H18BrNO3S. The molecule has 130 valence electrons. The van der Waals surface area contributed by atoms with E-state index >= 15 is 0 Å². The van der Waals surface area contributed by atoms with Crippen molar-refractivity contribution < 1.29 is 13.2 Å². The molecule has 2 aromatic carbocycles. The molecule has 0 spiro atoms. The average Bonchev–Trinajstić information content (AvgIpc) is 2.92. The zero-order valence-electron chi connectivity index (χ0n) is 13.9. The van der Waals surface area contributed by atoms with E-state index in [0.717, 1.165) is 27.5 Å². The van der Waals surface area contributed by atoms with Gasteiger partial charge in [0.05, 0.1) is 10.9 Å². The van der Waals surface area contributed by atoms with E-state index in [-0.39, 0.29) is 11.4 Å². The zero-order chi connectivity index (χ0) is 18.2. The van der Waals surface area contributed by atoms with Crippen LogP contribution >= 0.6 is 15.9 Å². The van der Waals surface area contributed by atoms with Gasteiger partial charge < -0.3 is 0 Å². The van der Waals surface area contributed by atoms with Crippen LogP contribution in [0.25, 0.3) is 0 Å². The molecule has 25 heavy (non-hydrogen) atoms. The normalized spacial score (nSPS) is 18.6. The minimum absolute atomic E-state index is 0.205. The number of nitrogens with zero attached hydrogens (tertiary/aromatic N) is 1. The first-order valence-corrected chi connectivity index (χ1v) is 10.1. The molecule has 1 aliphatic heterocycles. The second-order valence-corrected chi connectivity index (χ2v) is 8.89. The maximum atomic E-state index is 13.2. The number of hydrogen-bond donors (Lipinski definition) is 0. The molecule has 2 aromatic rings. The summed E-state index contributed by atoms with van der Waals surface area (Å²) in [5, 5.41) is 0. The van der Waals surface area contributed by atoms with Gasteiger partial charge in [-0.2, -0.15) is 4.31 Å². The maximum Gasteiger partial charge on any atom is 0.244 e. The van der Waals surface area contributed by atoms with Crippen molar-refractivity contribution in [2.24, 2.45) is 0 Å². The first-order chi connectivity index (χ1) is 11.9. The van der Waals surface area contributed by atoms with E-state index in [9.17, 15) is 13.2 Å². The highest BCUT2D eigenvalue weighted by Gasteiger charge is 2.40. The molecule has 0 unspecified atom stereocenters. The van der Waals surface area contributed by atoms with Crippen molar-refractivity contribution in [1.29, 1.82) is 0 Å². The number of aryl methyl sites for hydroxylation is 1. The molecule has 0 aliphatic carbocycles. The second-order valence-electron chi connectivity index (χ2n) is 6.14. The van der Waals surface area contributed by atoms with Gasteiger partial charge in [-0.05, 0) is 43.2 Å². The summed E-state index contributed by atoms with van der Waals surface area (Å²) in [4.78, 5) is 11.9. The Balaban J connectivity index is 2.13. The summed E-state index contributed by atoms with van der Waals surface area (Å²) in [6, 6.07) is 13.5. The number of sulfonamides is 1. The predicted molar refractivity (Wildman–Crippen MR) is 101 cm³/mol. The summed E-state index contributed by atoms with van der Waals surface area (Å²) >= 11 is 3.48.